The Morgan fingerprint density at radius 3 is 1.96 bits per heavy atom. The van der Waals surface area contributed by atoms with Crippen LogP contribution in [0.3, 0.4) is 0 Å². The highest BCUT2D eigenvalue weighted by molar-refractivity contribution is 5.79. The number of carbonyl (C=O) groups is 1. The number of aliphatic hydroxyl groups is 1. The van der Waals surface area contributed by atoms with Crippen LogP contribution in [0, 0.1) is 5.92 Å². The molecule has 0 fully saturated rings. The van der Waals surface area contributed by atoms with E-state index in [1.165, 1.54) is 11.1 Å². The van der Waals surface area contributed by atoms with E-state index in [1.807, 2.05) is 43.0 Å². The molecule has 3 nitrogen and oxygen atoms in total. The molecule has 3 heteroatoms. The summed E-state index contributed by atoms with van der Waals surface area (Å²) in [5.74, 6) is 0.100. The number of carbonyl (C=O) groups excluding carboxylic acids is 1. The lowest BCUT2D eigenvalue weighted by atomic mass is 9.97. The van der Waals surface area contributed by atoms with Crippen LogP contribution in [0.25, 0.3) is 11.1 Å². The lowest BCUT2D eigenvalue weighted by molar-refractivity contribution is -0.135. The van der Waals surface area contributed by atoms with E-state index >= 15 is 0 Å². The number of hydrogen-bond donors (Lipinski definition) is 1. The first kappa shape index (κ1) is 15.8. The van der Waals surface area contributed by atoms with Crippen molar-refractivity contribution in [2.75, 3.05) is 0 Å². The molecule has 1 N–H and O–H groups in total. The topological polar surface area (TPSA) is 40.5 Å². The van der Waals surface area contributed by atoms with Crippen molar-refractivity contribution >= 4 is 5.91 Å². The average molecular weight is 309 g/mol. The third-order valence-corrected chi connectivity index (χ3v) is 4.55. The van der Waals surface area contributed by atoms with Crippen molar-refractivity contribution in [3.05, 3.63) is 59.7 Å². The molecule has 0 radical (unpaired) electrons. The highest BCUT2D eigenvalue weighted by atomic mass is 16.3. The van der Waals surface area contributed by atoms with Gasteiger partial charge in [0, 0.05) is 13.1 Å². The zero-order valence-electron chi connectivity index (χ0n) is 13.7. The van der Waals surface area contributed by atoms with E-state index in [1.54, 1.807) is 0 Å². The highest BCUT2D eigenvalue weighted by Gasteiger charge is 2.24. The average Bonchev–Trinajstić information content (AvgIpc) is 2.71. The summed E-state index contributed by atoms with van der Waals surface area (Å²) >= 11 is 0. The van der Waals surface area contributed by atoms with Crippen LogP contribution in [-0.2, 0) is 17.9 Å². The molecule has 23 heavy (non-hydrogen) atoms. The molecule has 2 aromatic carbocycles. The molecule has 1 heterocycles. The van der Waals surface area contributed by atoms with Gasteiger partial charge in [-0.15, -0.1) is 0 Å². The Balaban J connectivity index is 1.93. The molecule has 1 aliphatic rings. The predicted octanol–water partition coefficient (Wildman–Crippen LogP) is 3.60. The molecule has 1 atom stereocenters. The molecule has 0 saturated heterocycles. The maximum absolute atomic E-state index is 12.7. The van der Waals surface area contributed by atoms with E-state index < -0.39 is 6.10 Å². The van der Waals surface area contributed by atoms with Crippen LogP contribution in [-0.4, -0.2) is 22.0 Å². The zero-order valence-corrected chi connectivity index (χ0v) is 13.7. The Bertz CT molecular complexity index is 661. The molecule has 1 unspecified atom stereocenters. The Hall–Kier alpha value is -2.13. The van der Waals surface area contributed by atoms with E-state index in [-0.39, 0.29) is 18.2 Å². The van der Waals surface area contributed by atoms with Gasteiger partial charge in [-0.3, -0.25) is 4.79 Å². The van der Waals surface area contributed by atoms with E-state index in [9.17, 15) is 9.90 Å². The standard InChI is InChI=1S/C20H23NO2/c1-14(2)19(22)11-20(23)21-12-15-7-3-5-9-17(15)18-10-6-4-8-16(18)13-21/h3-10,14,19,22H,11-13H2,1-2H3. The number of rotatable bonds is 3. The molecular weight excluding hydrogens is 286 g/mol. The monoisotopic (exact) mass is 309 g/mol. The molecule has 1 aliphatic heterocycles. The third kappa shape index (κ3) is 3.30. The zero-order chi connectivity index (χ0) is 16.4. The van der Waals surface area contributed by atoms with Crippen molar-refractivity contribution in [2.45, 2.75) is 39.5 Å². The van der Waals surface area contributed by atoms with E-state index in [0.29, 0.717) is 13.1 Å². The summed E-state index contributed by atoms with van der Waals surface area (Å²) in [5.41, 5.74) is 4.71. The summed E-state index contributed by atoms with van der Waals surface area (Å²) in [5, 5.41) is 10.0. The summed E-state index contributed by atoms with van der Waals surface area (Å²) < 4.78 is 0. The normalized spacial score (nSPS) is 14.9. The van der Waals surface area contributed by atoms with Gasteiger partial charge in [0.25, 0.3) is 0 Å². The molecular formula is C20H23NO2. The van der Waals surface area contributed by atoms with Gasteiger partial charge in [-0.2, -0.15) is 0 Å². The number of fused-ring (bicyclic) bond motifs is 3. The molecule has 1 amide bonds. The van der Waals surface area contributed by atoms with E-state index in [0.717, 1.165) is 11.1 Å². The largest absolute Gasteiger partial charge is 0.392 e. The molecule has 2 aromatic rings. The van der Waals surface area contributed by atoms with Gasteiger partial charge in [-0.05, 0) is 28.2 Å². The predicted molar refractivity (Wildman–Crippen MR) is 91.6 cm³/mol. The molecule has 0 saturated carbocycles. The van der Waals surface area contributed by atoms with Crippen molar-refractivity contribution in [1.29, 1.82) is 0 Å². The lowest BCUT2D eigenvalue weighted by Crippen LogP contribution is -2.33. The molecule has 3 rings (SSSR count). The Morgan fingerprint density at radius 1 is 1.00 bits per heavy atom. The SMILES string of the molecule is CC(C)C(O)CC(=O)N1Cc2ccccc2-c2ccccc2C1. The van der Waals surface area contributed by atoms with Gasteiger partial charge in [0.1, 0.15) is 0 Å². The Morgan fingerprint density at radius 2 is 1.48 bits per heavy atom. The van der Waals surface area contributed by atoms with Crippen LogP contribution in [0.1, 0.15) is 31.4 Å². The smallest absolute Gasteiger partial charge is 0.225 e. The Labute approximate surface area is 137 Å². The van der Waals surface area contributed by atoms with E-state index in [4.69, 9.17) is 0 Å². The maximum Gasteiger partial charge on any atom is 0.225 e. The molecule has 120 valence electrons. The van der Waals surface area contributed by atoms with Crippen LogP contribution < -0.4 is 0 Å². The first-order chi connectivity index (χ1) is 11.1. The van der Waals surface area contributed by atoms with Gasteiger partial charge in [-0.1, -0.05) is 62.4 Å². The van der Waals surface area contributed by atoms with Gasteiger partial charge >= 0.3 is 0 Å². The van der Waals surface area contributed by atoms with Crippen LogP contribution in [0.4, 0.5) is 0 Å². The van der Waals surface area contributed by atoms with Crippen LogP contribution in [0.5, 0.6) is 0 Å². The summed E-state index contributed by atoms with van der Waals surface area (Å²) in [6.45, 7) is 5.05. The quantitative estimate of drug-likeness (QED) is 0.941. The lowest BCUT2D eigenvalue weighted by Gasteiger charge is -2.24. The summed E-state index contributed by atoms with van der Waals surface area (Å²) in [7, 11) is 0. The minimum Gasteiger partial charge on any atom is -0.392 e. The summed E-state index contributed by atoms with van der Waals surface area (Å²) in [6.07, 6.45) is -0.404. The number of nitrogens with zero attached hydrogens (tertiary/aromatic N) is 1. The van der Waals surface area contributed by atoms with Crippen molar-refractivity contribution < 1.29 is 9.90 Å². The summed E-state index contributed by atoms with van der Waals surface area (Å²) in [4.78, 5) is 14.5. The van der Waals surface area contributed by atoms with E-state index in [2.05, 4.69) is 24.3 Å². The second kappa shape index (κ2) is 6.55. The molecule has 0 bridgehead atoms. The highest BCUT2D eigenvalue weighted by Crippen LogP contribution is 2.32. The minimum atomic E-state index is -0.587. The first-order valence-corrected chi connectivity index (χ1v) is 8.18. The van der Waals surface area contributed by atoms with Crippen molar-refractivity contribution in [1.82, 2.24) is 4.90 Å². The van der Waals surface area contributed by atoms with Crippen molar-refractivity contribution in [3.63, 3.8) is 0 Å². The number of amides is 1. The Kier molecular flexibility index (Phi) is 4.49. The van der Waals surface area contributed by atoms with Gasteiger partial charge in [-0.25, -0.2) is 0 Å². The second-order valence-electron chi connectivity index (χ2n) is 6.58. The van der Waals surface area contributed by atoms with Crippen molar-refractivity contribution in [2.24, 2.45) is 5.92 Å². The first-order valence-electron chi connectivity index (χ1n) is 8.18. The maximum atomic E-state index is 12.7. The number of aliphatic hydroxyl groups excluding tert-OH is 1. The number of hydrogen-bond acceptors (Lipinski definition) is 2. The fraction of sp³-hybridized carbons (Fsp3) is 0.350. The fourth-order valence-electron chi connectivity index (χ4n) is 3.03. The van der Waals surface area contributed by atoms with Crippen LogP contribution >= 0.6 is 0 Å². The van der Waals surface area contributed by atoms with Gasteiger partial charge in [0.05, 0.1) is 12.5 Å². The molecule has 0 aliphatic carbocycles. The fourth-order valence-corrected chi connectivity index (χ4v) is 3.03. The number of benzene rings is 2. The molecule has 0 spiro atoms. The van der Waals surface area contributed by atoms with Crippen LogP contribution in [0.2, 0.25) is 0 Å². The second-order valence-corrected chi connectivity index (χ2v) is 6.58. The van der Waals surface area contributed by atoms with Gasteiger partial charge < -0.3 is 10.0 Å². The molecule has 0 aromatic heterocycles. The van der Waals surface area contributed by atoms with Crippen LogP contribution in [0.15, 0.2) is 48.5 Å². The van der Waals surface area contributed by atoms with Crippen molar-refractivity contribution in [3.8, 4) is 11.1 Å². The van der Waals surface area contributed by atoms with Gasteiger partial charge in [0.15, 0.2) is 0 Å². The van der Waals surface area contributed by atoms with Gasteiger partial charge in [0.2, 0.25) is 5.91 Å². The minimum absolute atomic E-state index is 0.0118. The summed E-state index contributed by atoms with van der Waals surface area (Å²) in [6, 6.07) is 16.5. The third-order valence-electron chi connectivity index (χ3n) is 4.55.